The molecule has 1 unspecified atom stereocenters. The molecule has 0 saturated carbocycles. The van der Waals surface area contributed by atoms with E-state index in [1.165, 1.54) is 31.9 Å². The standard InChI is InChI=1S/C13H26BSi/c1-6-8-10-14-12-13(7-2)9-11-15(3,4)5/h13H,6-8,10,12H2,1-5H3. The fraction of sp³-hybridized carbons (Fsp3) is 0.846. The van der Waals surface area contributed by atoms with Crippen LogP contribution in [0.25, 0.3) is 0 Å². The van der Waals surface area contributed by atoms with Crippen molar-refractivity contribution >= 4 is 15.4 Å². The average Bonchev–Trinajstić information content (AvgIpc) is 2.15. The van der Waals surface area contributed by atoms with Crippen molar-refractivity contribution in [2.45, 2.75) is 65.4 Å². The summed E-state index contributed by atoms with van der Waals surface area (Å²) in [4.78, 5) is 0. The van der Waals surface area contributed by atoms with Gasteiger partial charge in [-0.3, -0.25) is 0 Å². The molecule has 0 bridgehead atoms. The average molecular weight is 221 g/mol. The normalized spacial score (nSPS) is 12.9. The second-order valence-corrected chi connectivity index (χ2v) is 10.0. The van der Waals surface area contributed by atoms with Crippen molar-refractivity contribution in [3.63, 3.8) is 0 Å². The first-order chi connectivity index (χ1) is 6.99. The summed E-state index contributed by atoms with van der Waals surface area (Å²) in [5, 5.41) is 0. The van der Waals surface area contributed by atoms with Gasteiger partial charge in [0.15, 0.2) is 0 Å². The molecule has 15 heavy (non-hydrogen) atoms. The first kappa shape index (κ1) is 14.8. The van der Waals surface area contributed by atoms with E-state index < -0.39 is 8.07 Å². The minimum Gasteiger partial charge on any atom is -0.132 e. The molecule has 0 aliphatic rings. The van der Waals surface area contributed by atoms with Crippen LogP contribution in [0.5, 0.6) is 0 Å². The van der Waals surface area contributed by atoms with Gasteiger partial charge in [-0.05, 0) is 6.42 Å². The largest absolute Gasteiger partial charge is 0.132 e. The number of unbranched alkanes of at least 4 members (excludes halogenated alkanes) is 1. The van der Waals surface area contributed by atoms with Crippen molar-refractivity contribution in [1.29, 1.82) is 0 Å². The fourth-order valence-electron chi connectivity index (χ4n) is 1.31. The summed E-state index contributed by atoms with van der Waals surface area (Å²) in [6.07, 6.45) is 6.28. The molecule has 0 nitrogen and oxygen atoms in total. The van der Waals surface area contributed by atoms with Crippen LogP contribution in [0.3, 0.4) is 0 Å². The highest BCUT2D eigenvalue weighted by atomic mass is 28.3. The topological polar surface area (TPSA) is 0 Å². The van der Waals surface area contributed by atoms with Gasteiger partial charge in [0.2, 0.25) is 0 Å². The van der Waals surface area contributed by atoms with Gasteiger partial charge in [0, 0.05) is 5.92 Å². The lowest BCUT2D eigenvalue weighted by Crippen LogP contribution is -2.17. The Hall–Kier alpha value is -0.158. The summed E-state index contributed by atoms with van der Waals surface area (Å²) >= 11 is 0. The lowest BCUT2D eigenvalue weighted by Gasteiger charge is -2.09. The van der Waals surface area contributed by atoms with Crippen molar-refractivity contribution < 1.29 is 0 Å². The zero-order chi connectivity index (χ0) is 11.7. The lowest BCUT2D eigenvalue weighted by molar-refractivity contribution is 0.715. The predicted octanol–water partition coefficient (Wildman–Crippen LogP) is 4.23. The van der Waals surface area contributed by atoms with Gasteiger partial charge in [0.25, 0.3) is 0 Å². The molecule has 85 valence electrons. The van der Waals surface area contributed by atoms with Crippen LogP contribution < -0.4 is 0 Å². The van der Waals surface area contributed by atoms with E-state index in [4.69, 9.17) is 0 Å². The van der Waals surface area contributed by atoms with Crippen LogP contribution in [0, 0.1) is 17.4 Å². The molecule has 0 heterocycles. The maximum atomic E-state index is 3.48. The van der Waals surface area contributed by atoms with Gasteiger partial charge in [-0.1, -0.05) is 59.0 Å². The van der Waals surface area contributed by atoms with Crippen LogP contribution in [0.2, 0.25) is 32.3 Å². The molecular formula is C13H26BSi. The third kappa shape index (κ3) is 10.1. The van der Waals surface area contributed by atoms with Crippen LogP contribution in [0.15, 0.2) is 0 Å². The molecular weight excluding hydrogens is 195 g/mol. The Kier molecular flexibility index (Phi) is 7.96. The van der Waals surface area contributed by atoms with E-state index in [1.807, 2.05) is 0 Å². The highest BCUT2D eigenvalue weighted by Gasteiger charge is 2.09. The molecule has 0 rings (SSSR count). The van der Waals surface area contributed by atoms with Gasteiger partial charge in [0.1, 0.15) is 15.4 Å². The molecule has 2 heteroatoms. The Balaban J connectivity index is 3.86. The summed E-state index contributed by atoms with van der Waals surface area (Å²) < 4.78 is 0. The van der Waals surface area contributed by atoms with E-state index >= 15 is 0 Å². The smallest absolute Gasteiger partial charge is 0.129 e. The quantitative estimate of drug-likeness (QED) is 0.357. The summed E-state index contributed by atoms with van der Waals surface area (Å²) in [6.45, 7) is 11.4. The van der Waals surface area contributed by atoms with Crippen molar-refractivity contribution in [2.24, 2.45) is 5.92 Å². The SMILES string of the molecule is CCCC[B]CC(C#C[Si](C)(C)C)CC. The Labute approximate surface area is 98.5 Å². The van der Waals surface area contributed by atoms with E-state index in [0.29, 0.717) is 5.92 Å². The molecule has 0 aliphatic carbocycles. The van der Waals surface area contributed by atoms with Crippen molar-refractivity contribution in [3.05, 3.63) is 0 Å². The summed E-state index contributed by atoms with van der Waals surface area (Å²) in [5.41, 5.74) is 3.48. The molecule has 0 spiro atoms. The summed E-state index contributed by atoms with van der Waals surface area (Å²) in [7, 11) is 1.26. The molecule has 0 N–H and O–H groups in total. The van der Waals surface area contributed by atoms with Crippen molar-refractivity contribution in [3.8, 4) is 11.5 Å². The van der Waals surface area contributed by atoms with Crippen molar-refractivity contribution in [2.75, 3.05) is 0 Å². The Morgan fingerprint density at radius 3 is 2.33 bits per heavy atom. The maximum Gasteiger partial charge on any atom is 0.129 e. The maximum absolute atomic E-state index is 3.48. The van der Waals surface area contributed by atoms with Gasteiger partial charge in [0.05, 0.1) is 0 Å². The van der Waals surface area contributed by atoms with Gasteiger partial charge >= 0.3 is 0 Å². The molecule has 0 aliphatic heterocycles. The summed E-state index contributed by atoms with van der Waals surface area (Å²) in [6, 6.07) is 0. The molecule has 0 amide bonds. The first-order valence-corrected chi connectivity index (χ1v) is 9.84. The monoisotopic (exact) mass is 221 g/mol. The Morgan fingerprint density at radius 1 is 1.20 bits per heavy atom. The van der Waals surface area contributed by atoms with E-state index in [2.05, 4.69) is 52.2 Å². The van der Waals surface area contributed by atoms with E-state index in [1.54, 1.807) is 0 Å². The second-order valence-electron chi connectivity index (χ2n) is 5.29. The van der Waals surface area contributed by atoms with Crippen LogP contribution in [0.1, 0.15) is 33.1 Å². The number of rotatable bonds is 6. The number of hydrogen-bond donors (Lipinski definition) is 0. The molecule has 0 aromatic carbocycles. The van der Waals surface area contributed by atoms with Gasteiger partial charge in [-0.25, -0.2) is 0 Å². The second kappa shape index (κ2) is 8.05. The van der Waals surface area contributed by atoms with E-state index in [0.717, 1.165) is 0 Å². The van der Waals surface area contributed by atoms with Gasteiger partial charge < -0.3 is 0 Å². The van der Waals surface area contributed by atoms with E-state index in [9.17, 15) is 0 Å². The van der Waals surface area contributed by atoms with Gasteiger partial charge in [-0.2, -0.15) is 0 Å². The predicted molar refractivity (Wildman–Crippen MR) is 75.2 cm³/mol. The van der Waals surface area contributed by atoms with Crippen LogP contribution in [0.4, 0.5) is 0 Å². The molecule has 0 saturated heterocycles. The third-order valence-electron chi connectivity index (χ3n) is 2.36. The third-order valence-corrected chi connectivity index (χ3v) is 3.25. The van der Waals surface area contributed by atoms with Crippen LogP contribution >= 0.6 is 0 Å². The fourth-order valence-corrected chi connectivity index (χ4v) is 1.95. The minimum absolute atomic E-state index is 0.605. The molecule has 1 radical (unpaired) electrons. The Morgan fingerprint density at radius 2 is 1.87 bits per heavy atom. The molecule has 1 atom stereocenters. The van der Waals surface area contributed by atoms with Crippen molar-refractivity contribution in [1.82, 2.24) is 0 Å². The molecule has 0 aromatic heterocycles. The summed E-state index contributed by atoms with van der Waals surface area (Å²) in [5.74, 6) is 4.07. The lowest BCUT2D eigenvalue weighted by atomic mass is 9.65. The highest BCUT2D eigenvalue weighted by Crippen LogP contribution is 2.10. The molecule has 0 aromatic rings. The minimum atomic E-state index is -1.17. The highest BCUT2D eigenvalue weighted by molar-refractivity contribution is 6.83. The van der Waals surface area contributed by atoms with Crippen LogP contribution in [-0.4, -0.2) is 15.4 Å². The number of hydrogen-bond acceptors (Lipinski definition) is 0. The zero-order valence-electron chi connectivity index (χ0n) is 11.2. The molecule has 0 fully saturated rings. The zero-order valence-corrected chi connectivity index (χ0v) is 12.2. The van der Waals surface area contributed by atoms with E-state index in [-0.39, 0.29) is 0 Å². The van der Waals surface area contributed by atoms with Crippen LogP contribution in [-0.2, 0) is 0 Å². The Bertz CT molecular complexity index is 207. The van der Waals surface area contributed by atoms with Gasteiger partial charge in [-0.15, -0.1) is 11.5 Å². The first-order valence-electron chi connectivity index (χ1n) is 6.34.